The highest BCUT2D eigenvalue weighted by Gasteiger charge is 2.23. The number of pyridine rings is 1. The number of amides is 1. The molecule has 0 radical (unpaired) electrons. The number of fused-ring (bicyclic) bond motifs is 2. The molecule has 1 aliphatic heterocycles. The lowest BCUT2D eigenvalue weighted by Gasteiger charge is -2.23. The van der Waals surface area contributed by atoms with Crippen molar-refractivity contribution in [2.75, 3.05) is 25.4 Å². The van der Waals surface area contributed by atoms with E-state index >= 15 is 0 Å². The van der Waals surface area contributed by atoms with Gasteiger partial charge in [-0.25, -0.2) is 0 Å². The van der Waals surface area contributed by atoms with Crippen LogP contribution in [0.4, 0.5) is 0 Å². The number of thioether (sulfide) groups is 1. The van der Waals surface area contributed by atoms with Gasteiger partial charge >= 0.3 is 0 Å². The Hall–Kier alpha value is -1.30. The van der Waals surface area contributed by atoms with Crippen LogP contribution in [0.25, 0.3) is 10.9 Å². The van der Waals surface area contributed by atoms with Crippen LogP contribution in [0, 0.1) is 0 Å². The molecule has 2 heterocycles. The number of aromatic nitrogens is 1. The molecule has 1 aromatic carbocycles. The maximum Gasteiger partial charge on any atom is 0.230 e. The number of carbonyl (C=O) groups excluding carboxylic acids is 1. The summed E-state index contributed by atoms with van der Waals surface area (Å²) in [4.78, 5) is 21.1. The number of rotatable bonds is 6. The van der Waals surface area contributed by atoms with Gasteiger partial charge in [0, 0.05) is 33.6 Å². The molecule has 2 aliphatic rings. The van der Waals surface area contributed by atoms with Crippen LogP contribution in [0.5, 0.6) is 0 Å². The molecule has 1 aliphatic carbocycles. The van der Waals surface area contributed by atoms with E-state index in [-0.39, 0.29) is 5.91 Å². The van der Waals surface area contributed by atoms with E-state index in [9.17, 15) is 4.79 Å². The van der Waals surface area contributed by atoms with Crippen molar-refractivity contribution in [3.05, 3.63) is 34.5 Å². The van der Waals surface area contributed by atoms with Crippen LogP contribution in [0.15, 0.2) is 23.1 Å². The van der Waals surface area contributed by atoms with Crippen molar-refractivity contribution < 1.29 is 4.79 Å². The van der Waals surface area contributed by atoms with Crippen molar-refractivity contribution in [2.24, 2.45) is 0 Å². The predicted octanol–water partition coefficient (Wildman–Crippen LogP) is 4.46. The lowest BCUT2D eigenvalue weighted by Crippen LogP contribution is -2.40. The van der Waals surface area contributed by atoms with Crippen LogP contribution < -0.4 is 5.32 Å². The Labute approximate surface area is 176 Å². The normalized spacial score (nSPS) is 19.7. The fourth-order valence-corrected chi connectivity index (χ4v) is 5.75. The van der Waals surface area contributed by atoms with E-state index in [1.807, 2.05) is 12.1 Å². The average Bonchev–Trinajstić information content (AvgIpc) is 3.17. The number of halogens is 1. The summed E-state index contributed by atoms with van der Waals surface area (Å²) >= 11 is 7.85. The first-order valence-corrected chi connectivity index (χ1v) is 11.8. The highest BCUT2D eigenvalue weighted by molar-refractivity contribution is 8.00. The van der Waals surface area contributed by atoms with Gasteiger partial charge in [0.15, 0.2) is 0 Å². The Balaban J connectivity index is 1.47. The van der Waals surface area contributed by atoms with Gasteiger partial charge in [-0.15, -0.1) is 11.8 Å². The van der Waals surface area contributed by atoms with Gasteiger partial charge in [0.05, 0.1) is 11.3 Å². The SMILES string of the molecule is CCN1CCC[C@@H]1CNC(=O)CSc1c2c(nc3cc(Cl)ccc13)CCCC2. The second-order valence-electron chi connectivity index (χ2n) is 7.75. The number of hydrogen-bond acceptors (Lipinski definition) is 4. The molecule has 2 aromatic rings. The minimum Gasteiger partial charge on any atom is -0.354 e. The summed E-state index contributed by atoms with van der Waals surface area (Å²) in [5.74, 6) is 0.573. The third-order valence-corrected chi connectivity index (χ3v) is 7.36. The molecule has 150 valence electrons. The molecule has 0 unspecified atom stereocenters. The summed E-state index contributed by atoms with van der Waals surface area (Å²) in [7, 11) is 0. The van der Waals surface area contributed by atoms with Crippen LogP contribution in [-0.2, 0) is 17.6 Å². The highest BCUT2D eigenvalue weighted by Crippen LogP contribution is 2.36. The van der Waals surface area contributed by atoms with Gasteiger partial charge in [0.2, 0.25) is 5.91 Å². The first-order valence-electron chi connectivity index (χ1n) is 10.4. The molecule has 1 aromatic heterocycles. The van der Waals surface area contributed by atoms with E-state index in [1.165, 1.54) is 41.8 Å². The number of hydrogen-bond donors (Lipinski definition) is 1. The van der Waals surface area contributed by atoms with Gasteiger partial charge in [0.1, 0.15) is 0 Å². The summed E-state index contributed by atoms with van der Waals surface area (Å²) in [5, 5.41) is 4.99. The number of aryl methyl sites for hydroxylation is 1. The van der Waals surface area contributed by atoms with E-state index in [0.29, 0.717) is 16.8 Å². The van der Waals surface area contributed by atoms with Crippen LogP contribution in [0.2, 0.25) is 5.02 Å². The minimum absolute atomic E-state index is 0.122. The zero-order valence-electron chi connectivity index (χ0n) is 16.5. The summed E-state index contributed by atoms with van der Waals surface area (Å²) in [5.41, 5.74) is 3.47. The number of nitrogens with one attached hydrogen (secondary N) is 1. The smallest absolute Gasteiger partial charge is 0.230 e. The Morgan fingerprint density at radius 2 is 2.18 bits per heavy atom. The Morgan fingerprint density at radius 3 is 3.04 bits per heavy atom. The van der Waals surface area contributed by atoms with E-state index in [1.54, 1.807) is 11.8 Å². The summed E-state index contributed by atoms with van der Waals surface area (Å²) < 4.78 is 0. The molecule has 4 nitrogen and oxygen atoms in total. The summed E-state index contributed by atoms with van der Waals surface area (Å²) in [6.45, 7) is 5.18. The minimum atomic E-state index is 0.122. The average molecular weight is 418 g/mol. The van der Waals surface area contributed by atoms with Crippen molar-refractivity contribution in [1.29, 1.82) is 0 Å². The molecule has 1 N–H and O–H groups in total. The largest absolute Gasteiger partial charge is 0.354 e. The second-order valence-corrected chi connectivity index (χ2v) is 9.17. The maximum absolute atomic E-state index is 12.5. The molecule has 28 heavy (non-hydrogen) atoms. The van der Waals surface area contributed by atoms with Crippen molar-refractivity contribution in [3.63, 3.8) is 0 Å². The van der Waals surface area contributed by atoms with Gasteiger partial charge < -0.3 is 5.32 Å². The van der Waals surface area contributed by atoms with Crippen LogP contribution in [0.1, 0.15) is 43.9 Å². The quantitative estimate of drug-likeness (QED) is 0.705. The molecule has 1 saturated heterocycles. The van der Waals surface area contributed by atoms with Gasteiger partial charge in [-0.3, -0.25) is 14.7 Å². The molecule has 1 fully saturated rings. The van der Waals surface area contributed by atoms with Crippen LogP contribution >= 0.6 is 23.4 Å². The topological polar surface area (TPSA) is 45.2 Å². The van der Waals surface area contributed by atoms with Crippen LogP contribution in [-0.4, -0.2) is 47.2 Å². The van der Waals surface area contributed by atoms with Gasteiger partial charge in [-0.1, -0.05) is 24.6 Å². The predicted molar refractivity (Wildman–Crippen MR) is 117 cm³/mol. The zero-order valence-corrected chi connectivity index (χ0v) is 18.0. The molecule has 0 spiro atoms. The third-order valence-electron chi connectivity index (χ3n) is 5.96. The molecular weight excluding hydrogens is 390 g/mol. The first-order chi connectivity index (χ1) is 13.7. The molecule has 6 heteroatoms. The lowest BCUT2D eigenvalue weighted by molar-refractivity contribution is -0.118. The Bertz CT molecular complexity index is 872. The molecule has 1 amide bonds. The first kappa shape index (κ1) is 20.0. The number of carbonyl (C=O) groups is 1. The standard InChI is InChI=1S/C22H28ClN3OS/c1-2-26-11-5-6-16(26)13-24-21(27)14-28-22-17-7-3-4-8-19(17)25-20-12-15(23)9-10-18(20)22/h9-10,12,16H,2-8,11,13-14H2,1H3,(H,24,27)/t16-/m1/s1. The number of likely N-dealkylation sites (N-methyl/N-ethyl adjacent to an activating group) is 1. The molecular formula is C22H28ClN3OS. The van der Waals surface area contributed by atoms with Gasteiger partial charge in [0.25, 0.3) is 0 Å². The fourth-order valence-electron chi connectivity index (χ4n) is 4.48. The molecule has 4 rings (SSSR count). The summed E-state index contributed by atoms with van der Waals surface area (Å²) in [6, 6.07) is 6.41. The second kappa shape index (κ2) is 9.02. The Kier molecular flexibility index (Phi) is 6.44. The van der Waals surface area contributed by atoms with E-state index in [0.717, 1.165) is 43.4 Å². The summed E-state index contributed by atoms with van der Waals surface area (Å²) in [6.07, 6.45) is 6.88. The maximum atomic E-state index is 12.5. The number of benzene rings is 1. The van der Waals surface area contributed by atoms with Crippen molar-refractivity contribution in [1.82, 2.24) is 15.2 Å². The van der Waals surface area contributed by atoms with Crippen molar-refractivity contribution >= 4 is 40.2 Å². The van der Waals surface area contributed by atoms with Gasteiger partial charge in [-0.05, 0) is 69.3 Å². The molecule has 1 atom stereocenters. The Morgan fingerprint density at radius 1 is 1.32 bits per heavy atom. The number of nitrogens with zero attached hydrogens (tertiary/aromatic N) is 2. The highest BCUT2D eigenvalue weighted by atomic mass is 35.5. The van der Waals surface area contributed by atoms with Gasteiger partial charge in [-0.2, -0.15) is 0 Å². The number of likely N-dealkylation sites (tertiary alicyclic amines) is 1. The lowest BCUT2D eigenvalue weighted by atomic mass is 9.94. The van der Waals surface area contributed by atoms with Crippen LogP contribution in [0.3, 0.4) is 0 Å². The fraction of sp³-hybridized carbons (Fsp3) is 0.545. The van der Waals surface area contributed by atoms with Crippen molar-refractivity contribution in [2.45, 2.75) is 56.4 Å². The monoisotopic (exact) mass is 417 g/mol. The zero-order chi connectivity index (χ0) is 19.5. The van der Waals surface area contributed by atoms with E-state index in [2.05, 4.69) is 23.2 Å². The van der Waals surface area contributed by atoms with Crippen molar-refractivity contribution in [3.8, 4) is 0 Å². The molecule has 0 saturated carbocycles. The third kappa shape index (κ3) is 4.32. The van der Waals surface area contributed by atoms with E-state index < -0.39 is 0 Å². The molecule has 0 bridgehead atoms. The van der Waals surface area contributed by atoms with E-state index in [4.69, 9.17) is 16.6 Å².